The van der Waals surface area contributed by atoms with Crippen LogP contribution in [0.3, 0.4) is 0 Å². The molecular formula is C59H43FN2. The van der Waals surface area contributed by atoms with E-state index in [-0.39, 0.29) is 5.82 Å². The van der Waals surface area contributed by atoms with Gasteiger partial charge < -0.3 is 9.80 Å². The van der Waals surface area contributed by atoms with Crippen molar-refractivity contribution in [2.24, 2.45) is 0 Å². The number of hydrogen-bond acceptors (Lipinski definition) is 2. The molecule has 10 aromatic rings. The summed E-state index contributed by atoms with van der Waals surface area (Å²) in [6.07, 6.45) is 4.84. The van der Waals surface area contributed by atoms with Gasteiger partial charge in [0.15, 0.2) is 0 Å². The summed E-state index contributed by atoms with van der Waals surface area (Å²) in [6, 6.07) is 77.3. The number of para-hydroxylation sites is 4. The van der Waals surface area contributed by atoms with Gasteiger partial charge in [0.2, 0.25) is 0 Å². The van der Waals surface area contributed by atoms with Crippen LogP contribution in [0.2, 0.25) is 0 Å². The van der Waals surface area contributed by atoms with Gasteiger partial charge in [0.05, 0.1) is 0 Å². The van der Waals surface area contributed by atoms with Crippen LogP contribution in [0.5, 0.6) is 0 Å². The summed E-state index contributed by atoms with van der Waals surface area (Å²) < 4.78 is 15.9. The highest BCUT2D eigenvalue weighted by Gasteiger charge is 2.37. The molecule has 0 radical (unpaired) electrons. The summed E-state index contributed by atoms with van der Waals surface area (Å²) in [5.41, 5.74) is 11.0. The lowest BCUT2D eigenvalue weighted by atomic mass is 9.66. The van der Waals surface area contributed by atoms with Crippen LogP contribution in [-0.4, -0.2) is 0 Å². The highest BCUT2D eigenvalue weighted by molar-refractivity contribution is 6.20. The molecule has 0 N–H and O–H groups in total. The Hall–Kier alpha value is -7.75. The van der Waals surface area contributed by atoms with E-state index >= 15 is 4.39 Å². The first-order valence-electron chi connectivity index (χ1n) is 21.3. The zero-order valence-corrected chi connectivity index (χ0v) is 34.4. The second-order valence-corrected chi connectivity index (χ2v) is 16.4. The third-order valence-corrected chi connectivity index (χ3v) is 12.7. The van der Waals surface area contributed by atoms with Crippen molar-refractivity contribution >= 4 is 72.5 Å². The molecule has 0 saturated carbocycles. The van der Waals surface area contributed by atoms with Gasteiger partial charge in [0, 0.05) is 45.1 Å². The zero-order chi connectivity index (χ0) is 41.6. The molecule has 1 aliphatic carbocycles. The lowest BCUT2D eigenvalue weighted by molar-refractivity contribution is 0.564. The maximum Gasteiger partial charge on any atom is 0.130 e. The maximum atomic E-state index is 15.9. The number of nitrogens with zero attached hydrogens (tertiary/aromatic N) is 2. The first-order chi connectivity index (χ1) is 30.6. The van der Waals surface area contributed by atoms with Gasteiger partial charge in [0.1, 0.15) is 5.82 Å². The van der Waals surface area contributed by atoms with Crippen molar-refractivity contribution in [3.63, 3.8) is 0 Å². The van der Waals surface area contributed by atoms with Crippen LogP contribution in [0.15, 0.2) is 224 Å². The Morgan fingerprint density at radius 2 is 0.919 bits per heavy atom. The van der Waals surface area contributed by atoms with Crippen LogP contribution in [0.4, 0.5) is 38.5 Å². The predicted octanol–water partition coefficient (Wildman–Crippen LogP) is 16.6. The van der Waals surface area contributed by atoms with Crippen LogP contribution in [0.25, 0.3) is 49.5 Å². The summed E-state index contributed by atoms with van der Waals surface area (Å²) in [5.74, 6) is -0.200. The number of hydrogen-bond donors (Lipinski definition) is 0. The molecule has 1 atom stereocenters. The molecular weight excluding hydrogens is 756 g/mol. The zero-order valence-electron chi connectivity index (χ0n) is 34.4. The molecule has 0 aromatic heterocycles. The van der Waals surface area contributed by atoms with E-state index < -0.39 is 5.41 Å². The summed E-state index contributed by atoms with van der Waals surface area (Å²) in [6.45, 7) is 2.31. The molecule has 0 bridgehead atoms. The smallest absolute Gasteiger partial charge is 0.130 e. The molecule has 10 aromatic carbocycles. The van der Waals surface area contributed by atoms with Crippen molar-refractivity contribution in [3.8, 4) is 11.1 Å². The molecule has 2 nitrogen and oxygen atoms in total. The molecule has 0 heterocycles. The number of fused-ring (bicyclic) bond motifs is 4. The third-order valence-electron chi connectivity index (χ3n) is 12.7. The molecule has 296 valence electrons. The van der Waals surface area contributed by atoms with Gasteiger partial charge in [-0.1, -0.05) is 159 Å². The molecule has 62 heavy (non-hydrogen) atoms. The van der Waals surface area contributed by atoms with E-state index in [0.717, 1.165) is 61.2 Å². The van der Waals surface area contributed by atoms with E-state index in [4.69, 9.17) is 0 Å². The lowest BCUT2D eigenvalue weighted by Gasteiger charge is -2.37. The minimum Gasteiger partial charge on any atom is -0.310 e. The predicted molar refractivity (Wildman–Crippen MR) is 260 cm³/mol. The van der Waals surface area contributed by atoms with Crippen molar-refractivity contribution in [2.45, 2.75) is 18.8 Å². The quantitative estimate of drug-likeness (QED) is 0.141. The van der Waals surface area contributed by atoms with Crippen LogP contribution < -0.4 is 9.80 Å². The normalized spacial score (nSPS) is 14.5. The monoisotopic (exact) mass is 798 g/mol. The number of allylic oxidation sites excluding steroid dienone is 1. The summed E-state index contributed by atoms with van der Waals surface area (Å²) >= 11 is 0. The molecule has 11 rings (SSSR count). The highest BCUT2D eigenvalue weighted by Crippen LogP contribution is 2.53. The van der Waals surface area contributed by atoms with E-state index in [9.17, 15) is 0 Å². The fraction of sp³-hybridized carbons (Fsp3) is 0.0508. The van der Waals surface area contributed by atoms with Gasteiger partial charge in [-0.2, -0.15) is 0 Å². The van der Waals surface area contributed by atoms with E-state index in [0.29, 0.717) is 12.0 Å². The molecule has 0 amide bonds. The Bertz CT molecular complexity index is 3210. The van der Waals surface area contributed by atoms with Crippen LogP contribution in [0, 0.1) is 5.82 Å². The Balaban J connectivity index is 1.30. The fourth-order valence-corrected chi connectivity index (χ4v) is 9.96. The summed E-state index contributed by atoms with van der Waals surface area (Å²) in [7, 11) is 0. The molecule has 0 aliphatic heterocycles. The van der Waals surface area contributed by atoms with E-state index in [1.54, 1.807) is 6.07 Å². The van der Waals surface area contributed by atoms with Crippen LogP contribution in [0.1, 0.15) is 30.0 Å². The molecule has 0 fully saturated rings. The number of benzene rings is 10. The highest BCUT2D eigenvalue weighted by atomic mass is 19.1. The average molecular weight is 799 g/mol. The second kappa shape index (κ2) is 15.4. The van der Waals surface area contributed by atoms with Gasteiger partial charge in [-0.3, -0.25) is 0 Å². The SMILES string of the molecule is CC1(c2c3ccc(N(c4ccccc4)c4ccccc4)cc3c(-c3cccc4ccccc34)c3ccc(N(c4ccccc4)c4ccccc4)cc23)CC=Cc2c(F)cccc21. The van der Waals surface area contributed by atoms with Gasteiger partial charge >= 0.3 is 0 Å². The fourth-order valence-electron chi connectivity index (χ4n) is 9.96. The Morgan fingerprint density at radius 1 is 0.419 bits per heavy atom. The maximum absolute atomic E-state index is 15.9. The first kappa shape index (κ1) is 37.3. The molecule has 3 heteroatoms. The first-order valence-corrected chi connectivity index (χ1v) is 21.3. The molecule has 0 saturated heterocycles. The number of rotatable bonds is 8. The lowest BCUT2D eigenvalue weighted by Crippen LogP contribution is -2.27. The Morgan fingerprint density at radius 3 is 1.52 bits per heavy atom. The van der Waals surface area contributed by atoms with E-state index in [1.165, 1.54) is 27.5 Å². The summed E-state index contributed by atoms with van der Waals surface area (Å²) in [4.78, 5) is 4.68. The molecule has 1 unspecified atom stereocenters. The van der Waals surface area contributed by atoms with Gasteiger partial charge in [-0.05, 0) is 140 Å². The minimum absolute atomic E-state index is 0.200. The second-order valence-electron chi connectivity index (χ2n) is 16.4. The minimum atomic E-state index is -0.580. The average Bonchev–Trinajstić information content (AvgIpc) is 3.32. The number of halogens is 1. The molecule has 1 aliphatic rings. The van der Waals surface area contributed by atoms with Crippen molar-refractivity contribution in [1.82, 2.24) is 0 Å². The third kappa shape index (κ3) is 6.24. The van der Waals surface area contributed by atoms with Crippen molar-refractivity contribution in [1.29, 1.82) is 0 Å². The standard InChI is InChI=1S/C59H43FN2/c1-59(38-18-31-52-55(59)32-17-33-56(52)60)58-51-37-35-46(61(42-21-6-2-7-22-42)43-23-8-3-9-24-43)39-53(51)57(49-30-16-20-41-19-14-15-29-48(41)49)50-36-34-47(40-54(50)58)62(44-25-10-4-11-26-44)45-27-12-5-13-28-45/h2-37,39-40H,38H2,1H3. The number of anilines is 6. The van der Waals surface area contributed by atoms with Crippen molar-refractivity contribution in [2.75, 3.05) is 9.80 Å². The molecule has 0 spiro atoms. The van der Waals surface area contributed by atoms with E-state index in [2.05, 4.69) is 229 Å². The van der Waals surface area contributed by atoms with Gasteiger partial charge in [0.25, 0.3) is 0 Å². The Labute approximate surface area is 362 Å². The van der Waals surface area contributed by atoms with Crippen LogP contribution in [-0.2, 0) is 5.41 Å². The van der Waals surface area contributed by atoms with Gasteiger partial charge in [-0.15, -0.1) is 0 Å². The van der Waals surface area contributed by atoms with Crippen molar-refractivity contribution < 1.29 is 4.39 Å². The Kier molecular flexibility index (Phi) is 9.24. The van der Waals surface area contributed by atoms with Crippen molar-refractivity contribution in [3.05, 3.63) is 247 Å². The van der Waals surface area contributed by atoms with Crippen LogP contribution >= 0.6 is 0 Å². The van der Waals surface area contributed by atoms with Gasteiger partial charge in [-0.25, -0.2) is 4.39 Å². The largest absolute Gasteiger partial charge is 0.310 e. The topological polar surface area (TPSA) is 6.48 Å². The van der Waals surface area contributed by atoms with E-state index in [1.807, 2.05) is 12.1 Å². The summed E-state index contributed by atoms with van der Waals surface area (Å²) in [5, 5.41) is 6.94.